The number of imidazole rings is 1. The molecule has 1 heterocycles. The second-order valence-corrected chi connectivity index (χ2v) is 5.86. The fourth-order valence-electron chi connectivity index (χ4n) is 1.89. The van der Waals surface area contributed by atoms with Crippen molar-refractivity contribution in [2.45, 2.75) is 33.7 Å². The zero-order valence-electron chi connectivity index (χ0n) is 10.5. The summed E-state index contributed by atoms with van der Waals surface area (Å²) in [6, 6.07) is 5.25. The summed E-state index contributed by atoms with van der Waals surface area (Å²) in [5.41, 5.74) is 1.39. The van der Waals surface area contributed by atoms with Crippen LogP contribution in [-0.2, 0) is 0 Å². The van der Waals surface area contributed by atoms with Gasteiger partial charge in [0.05, 0.1) is 5.52 Å². The Balaban J connectivity index is 2.75. The second kappa shape index (κ2) is 3.95. The fraction of sp³-hybridized carbons (Fsp3) is 0.462. The molecule has 2 rings (SSSR count). The largest absolute Gasteiger partial charge is 0.328 e. The van der Waals surface area contributed by atoms with Crippen molar-refractivity contribution >= 4 is 23.3 Å². The smallest absolute Gasteiger partial charge is 0.178 e. The second-order valence-electron chi connectivity index (χ2n) is 5.48. The van der Waals surface area contributed by atoms with Gasteiger partial charge in [-0.05, 0) is 36.7 Å². The lowest BCUT2D eigenvalue weighted by Crippen LogP contribution is -2.21. The lowest BCUT2D eigenvalue weighted by molar-refractivity contribution is 0.265. The maximum atomic E-state index is 13.6. The summed E-state index contributed by atoms with van der Waals surface area (Å²) in [6.45, 7) is 8.56. The molecule has 0 saturated heterocycles. The molecule has 0 amide bonds. The van der Waals surface area contributed by atoms with E-state index in [-0.39, 0.29) is 17.3 Å². The first-order valence-corrected chi connectivity index (χ1v) is 6.12. The summed E-state index contributed by atoms with van der Waals surface area (Å²) in [5.74, 6) is -0.256. The van der Waals surface area contributed by atoms with E-state index < -0.39 is 0 Å². The predicted molar refractivity (Wildman–Crippen MR) is 71.2 cm³/mol. The van der Waals surface area contributed by atoms with Gasteiger partial charge in [-0.15, -0.1) is 0 Å². The van der Waals surface area contributed by atoms with Crippen molar-refractivity contribution in [2.75, 3.05) is 0 Å². The molecule has 1 N–H and O–H groups in total. The van der Waals surface area contributed by atoms with Gasteiger partial charge < -0.3 is 9.55 Å². The van der Waals surface area contributed by atoms with Gasteiger partial charge in [0, 0.05) is 6.04 Å². The molecule has 92 valence electrons. The van der Waals surface area contributed by atoms with Crippen LogP contribution in [0.4, 0.5) is 4.39 Å². The van der Waals surface area contributed by atoms with Gasteiger partial charge >= 0.3 is 0 Å². The number of hydrogen-bond acceptors (Lipinski definition) is 1. The average Bonchev–Trinajstić information content (AvgIpc) is 2.54. The first-order chi connectivity index (χ1) is 7.82. The third-order valence-corrected chi connectivity index (χ3v) is 3.64. The quantitative estimate of drug-likeness (QED) is 0.744. The molecule has 0 spiro atoms. The standard InChI is InChI=1S/C13H17FN2S/c1-8(13(2,3)4)16-10-7-5-6-9(14)11(10)15-12(16)17/h5-8H,1-4H3,(H,15,17). The molecule has 0 aliphatic rings. The first-order valence-electron chi connectivity index (χ1n) is 5.71. The van der Waals surface area contributed by atoms with E-state index in [1.54, 1.807) is 6.07 Å². The van der Waals surface area contributed by atoms with E-state index in [1.807, 2.05) is 10.6 Å². The molecule has 0 saturated carbocycles. The molecule has 17 heavy (non-hydrogen) atoms. The molecule has 2 nitrogen and oxygen atoms in total. The van der Waals surface area contributed by atoms with Crippen molar-refractivity contribution in [3.05, 3.63) is 28.8 Å². The molecule has 1 aromatic heterocycles. The van der Waals surface area contributed by atoms with Crippen LogP contribution in [0, 0.1) is 16.0 Å². The molecule has 1 aromatic carbocycles. The topological polar surface area (TPSA) is 20.7 Å². The van der Waals surface area contributed by atoms with E-state index in [9.17, 15) is 4.39 Å². The molecular weight excluding hydrogens is 235 g/mol. The van der Waals surface area contributed by atoms with E-state index in [1.165, 1.54) is 6.07 Å². The molecule has 0 fully saturated rings. The number of nitrogens with zero attached hydrogens (tertiary/aromatic N) is 1. The van der Waals surface area contributed by atoms with Crippen LogP contribution in [0.25, 0.3) is 11.0 Å². The number of para-hydroxylation sites is 1. The van der Waals surface area contributed by atoms with Gasteiger partial charge in [0.2, 0.25) is 0 Å². The summed E-state index contributed by atoms with van der Waals surface area (Å²) < 4.78 is 16.2. The fourth-order valence-corrected chi connectivity index (χ4v) is 2.24. The number of benzene rings is 1. The highest BCUT2D eigenvalue weighted by atomic mass is 32.1. The van der Waals surface area contributed by atoms with E-state index >= 15 is 0 Å². The Labute approximate surface area is 105 Å². The third kappa shape index (κ3) is 2.02. The van der Waals surface area contributed by atoms with Gasteiger partial charge in [0.25, 0.3) is 0 Å². The van der Waals surface area contributed by atoms with E-state index in [0.717, 1.165) is 5.52 Å². The Hall–Kier alpha value is -1.16. The summed E-state index contributed by atoms with van der Waals surface area (Å²) in [6.07, 6.45) is 0. The van der Waals surface area contributed by atoms with Crippen LogP contribution in [0.1, 0.15) is 33.7 Å². The van der Waals surface area contributed by atoms with Crippen LogP contribution in [0.3, 0.4) is 0 Å². The number of H-pyrrole nitrogens is 1. The molecule has 0 radical (unpaired) electrons. The lowest BCUT2D eigenvalue weighted by Gasteiger charge is -2.29. The van der Waals surface area contributed by atoms with Gasteiger partial charge in [-0.1, -0.05) is 26.8 Å². The van der Waals surface area contributed by atoms with Gasteiger partial charge in [-0.25, -0.2) is 4.39 Å². The highest BCUT2D eigenvalue weighted by Gasteiger charge is 2.24. The highest BCUT2D eigenvalue weighted by Crippen LogP contribution is 2.33. The normalized spacial score (nSPS) is 14.2. The number of hydrogen-bond donors (Lipinski definition) is 1. The van der Waals surface area contributed by atoms with Crippen molar-refractivity contribution < 1.29 is 4.39 Å². The van der Waals surface area contributed by atoms with Crippen LogP contribution >= 0.6 is 12.2 Å². The monoisotopic (exact) mass is 252 g/mol. The minimum absolute atomic E-state index is 0.0691. The predicted octanol–water partition coefficient (Wildman–Crippen LogP) is 4.45. The molecule has 0 bridgehead atoms. The van der Waals surface area contributed by atoms with Crippen LogP contribution < -0.4 is 0 Å². The zero-order valence-corrected chi connectivity index (χ0v) is 11.4. The van der Waals surface area contributed by atoms with Gasteiger partial charge in [0.15, 0.2) is 4.77 Å². The van der Waals surface area contributed by atoms with Crippen molar-refractivity contribution in [3.8, 4) is 0 Å². The molecule has 2 aromatic rings. The number of aromatic nitrogens is 2. The van der Waals surface area contributed by atoms with Crippen LogP contribution in [0.5, 0.6) is 0 Å². The van der Waals surface area contributed by atoms with E-state index in [4.69, 9.17) is 12.2 Å². The Morgan fingerprint density at radius 1 is 1.35 bits per heavy atom. The number of rotatable bonds is 1. The number of fused-ring (bicyclic) bond motifs is 1. The van der Waals surface area contributed by atoms with Crippen LogP contribution in [0.15, 0.2) is 18.2 Å². The molecule has 1 unspecified atom stereocenters. The van der Waals surface area contributed by atoms with Gasteiger partial charge in [-0.2, -0.15) is 0 Å². The van der Waals surface area contributed by atoms with Crippen molar-refractivity contribution in [1.29, 1.82) is 0 Å². The highest BCUT2D eigenvalue weighted by molar-refractivity contribution is 7.71. The van der Waals surface area contributed by atoms with Gasteiger partial charge in [0.1, 0.15) is 11.3 Å². The van der Waals surface area contributed by atoms with E-state index in [2.05, 4.69) is 32.7 Å². The summed E-state index contributed by atoms with van der Waals surface area (Å²) in [5, 5.41) is 0. The minimum Gasteiger partial charge on any atom is -0.328 e. The Kier molecular flexibility index (Phi) is 2.86. The molecular formula is C13H17FN2S. The lowest BCUT2D eigenvalue weighted by atomic mass is 9.88. The van der Waals surface area contributed by atoms with Crippen molar-refractivity contribution in [2.24, 2.45) is 5.41 Å². The van der Waals surface area contributed by atoms with Crippen molar-refractivity contribution in [3.63, 3.8) is 0 Å². The summed E-state index contributed by atoms with van der Waals surface area (Å²) >= 11 is 5.30. The SMILES string of the molecule is CC(n1c(=S)[nH]c2c(F)cccc21)C(C)(C)C. The first kappa shape index (κ1) is 12.3. The van der Waals surface area contributed by atoms with Gasteiger partial charge in [-0.3, -0.25) is 0 Å². The molecule has 0 aliphatic heterocycles. The number of nitrogens with one attached hydrogen (secondary N) is 1. The average molecular weight is 252 g/mol. The Morgan fingerprint density at radius 3 is 2.59 bits per heavy atom. The zero-order chi connectivity index (χ0) is 12.8. The summed E-state index contributed by atoms with van der Waals surface area (Å²) in [4.78, 5) is 2.95. The number of halogens is 1. The Morgan fingerprint density at radius 2 is 2.00 bits per heavy atom. The summed E-state index contributed by atoms with van der Waals surface area (Å²) in [7, 11) is 0. The molecule has 4 heteroatoms. The third-order valence-electron chi connectivity index (χ3n) is 3.34. The van der Waals surface area contributed by atoms with Crippen LogP contribution in [-0.4, -0.2) is 9.55 Å². The van der Waals surface area contributed by atoms with Crippen molar-refractivity contribution in [1.82, 2.24) is 9.55 Å². The molecule has 0 aliphatic carbocycles. The maximum absolute atomic E-state index is 13.6. The van der Waals surface area contributed by atoms with E-state index in [0.29, 0.717) is 10.3 Å². The minimum atomic E-state index is -0.256. The number of aromatic amines is 1. The van der Waals surface area contributed by atoms with Crippen LogP contribution in [0.2, 0.25) is 0 Å². The molecule has 1 atom stereocenters. The Bertz CT molecular complexity index is 604. The maximum Gasteiger partial charge on any atom is 0.178 e.